The molecule has 17 heavy (non-hydrogen) atoms. The number of anilines is 1. The zero-order valence-electron chi connectivity index (χ0n) is 8.68. The summed E-state index contributed by atoms with van der Waals surface area (Å²) >= 11 is 3.35. The van der Waals surface area contributed by atoms with Gasteiger partial charge < -0.3 is 14.8 Å². The average Bonchev–Trinajstić information content (AvgIpc) is 2.75. The van der Waals surface area contributed by atoms with E-state index in [1.54, 1.807) is 0 Å². The zero-order valence-corrected chi connectivity index (χ0v) is 10.3. The summed E-state index contributed by atoms with van der Waals surface area (Å²) in [5, 5.41) is 11.7. The number of halogens is 1. The van der Waals surface area contributed by atoms with Gasteiger partial charge in [-0.05, 0) is 18.2 Å². The van der Waals surface area contributed by atoms with Gasteiger partial charge in [0.25, 0.3) is 0 Å². The van der Waals surface area contributed by atoms with Gasteiger partial charge in [0.2, 0.25) is 11.7 Å². The molecular weight excluding hydrogens is 288 g/mol. The van der Waals surface area contributed by atoms with Crippen LogP contribution in [0.15, 0.2) is 39.4 Å². The molecule has 0 fully saturated rings. The van der Waals surface area contributed by atoms with Gasteiger partial charge in [0.05, 0.1) is 12.7 Å². The van der Waals surface area contributed by atoms with E-state index in [2.05, 4.69) is 26.2 Å². The Balaban J connectivity index is 2.00. The molecule has 1 aromatic heterocycles. The quantitative estimate of drug-likeness (QED) is 0.907. The number of carboxylic acids is 1. The van der Waals surface area contributed by atoms with Crippen molar-refractivity contribution in [2.75, 3.05) is 5.32 Å². The van der Waals surface area contributed by atoms with Gasteiger partial charge in [-0.3, -0.25) is 0 Å². The zero-order chi connectivity index (χ0) is 12.3. The summed E-state index contributed by atoms with van der Waals surface area (Å²) in [7, 11) is 0. The first-order valence-corrected chi connectivity index (χ1v) is 5.62. The molecule has 2 N–H and O–H groups in total. The predicted octanol–water partition coefficient (Wildman–Crippen LogP) is 2.75. The van der Waals surface area contributed by atoms with E-state index in [1.807, 2.05) is 24.3 Å². The molecule has 2 rings (SSSR count). The molecule has 0 aliphatic heterocycles. The summed E-state index contributed by atoms with van der Waals surface area (Å²) in [5.74, 6) is -0.940. The third-order valence-corrected chi connectivity index (χ3v) is 2.53. The predicted molar refractivity (Wildman–Crippen MR) is 64.9 cm³/mol. The van der Waals surface area contributed by atoms with E-state index in [0.29, 0.717) is 12.4 Å². The van der Waals surface area contributed by atoms with E-state index in [-0.39, 0.29) is 5.76 Å². The highest BCUT2D eigenvalue weighted by Crippen LogP contribution is 2.16. The Hall–Kier alpha value is -1.82. The normalized spacial score (nSPS) is 10.2. The molecule has 0 aliphatic rings. The van der Waals surface area contributed by atoms with Gasteiger partial charge in [0.15, 0.2) is 0 Å². The van der Waals surface area contributed by atoms with Crippen LogP contribution in [0.2, 0.25) is 0 Å². The van der Waals surface area contributed by atoms with Gasteiger partial charge in [-0.1, -0.05) is 22.0 Å². The van der Waals surface area contributed by atoms with Crippen LogP contribution in [0.3, 0.4) is 0 Å². The van der Waals surface area contributed by atoms with Crippen molar-refractivity contribution in [2.45, 2.75) is 6.54 Å². The monoisotopic (exact) mass is 296 g/mol. The lowest BCUT2D eigenvalue weighted by Crippen LogP contribution is -1.99. The average molecular weight is 297 g/mol. The van der Waals surface area contributed by atoms with Crippen LogP contribution in [0.1, 0.15) is 16.4 Å². The Morgan fingerprint density at radius 3 is 3.00 bits per heavy atom. The lowest BCUT2D eigenvalue weighted by Gasteiger charge is -2.03. The summed E-state index contributed by atoms with van der Waals surface area (Å²) in [5.41, 5.74) is 0.898. The Bertz CT molecular complexity index is 539. The molecule has 5 nitrogen and oxygen atoms in total. The fraction of sp³-hybridized carbons (Fsp3) is 0.0909. The number of carbonyl (C=O) groups is 1. The molecule has 1 aromatic carbocycles. The summed E-state index contributed by atoms with van der Waals surface area (Å²) in [6, 6.07) is 7.61. The van der Waals surface area contributed by atoms with Crippen LogP contribution in [0.5, 0.6) is 0 Å². The Labute approximate surface area is 106 Å². The maximum atomic E-state index is 10.6. The fourth-order valence-electron chi connectivity index (χ4n) is 1.27. The molecule has 0 saturated carbocycles. The third kappa shape index (κ3) is 3.07. The summed E-state index contributed by atoms with van der Waals surface area (Å²) in [4.78, 5) is 14.4. The Morgan fingerprint density at radius 1 is 1.53 bits per heavy atom. The molecule has 0 atom stereocenters. The molecule has 1 heterocycles. The number of benzene rings is 1. The highest BCUT2D eigenvalue weighted by atomic mass is 79.9. The first kappa shape index (κ1) is 11.7. The van der Waals surface area contributed by atoms with Gasteiger partial charge in [-0.25, -0.2) is 9.78 Å². The molecule has 0 bridgehead atoms. The van der Waals surface area contributed by atoms with Crippen molar-refractivity contribution in [1.29, 1.82) is 0 Å². The van der Waals surface area contributed by atoms with Crippen LogP contribution in [0.4, 0.5) is 5.69 Å². The number of hydrogen-bond acceptors (Lipinski definition) is 4. The van der Waals surface area contributed by atoms with E-state index in [4.69, 9.17) is 9.52 Å². The highest BCUT2D eigenvalue weighted by molar-refractivity contribution is 9.10. The molecule has 0 saturated heterocycles. The molecule has 88 valence electrons. The lowest BCUT2D eigenvalue weighted by molar-refractivity contribution is 0.0660. The molecule has 0 radical (unpaired) electrons. The van der Waals surface area contributed by atoms with E-state index in [0.717, 1.165) is 10.2 Å². The standard InChI is InChI=1S/C11H9BrN2O3/c12-7-2-1-3-8(4-7)13-6-10-14-5-9(17-10)11(15)16/h1-5,13H,6H2,(H,15,16). The maximum absolute atomic E-state index is 10.6. The van der Waals surface area contributed by atoms with Gasteiger partial charge in [-0.2, -0.15) is 0 Å². The van der Waals surface area contributed by atoms with E-state index in [1.165, 1.54) is 6.20 Å². The minimum atomic E-state index is -1.12. The summed E-state index contributed by atoms with van der Waals surface area (Å²) in [6.45, 7) is 0.337. The largest absolute Gasteiger partial charge is 0.475 e. The lowest BCUT2D eigenvalue weighted by atomic mass is 10.3. The number of oxazole rings is 1. The van der Waals surface area contributed by atoms with E-state index < -0.39 is 5.97 Å². The van der Waals surface area contributed by atoms with Crippen molar-refractivity contribution >= 4 is 27.6 Å². The van der Waals surface area contributed by atoms with Crippen LogP contribution in [-0.4, -0.2) is 16.1 Å². The topological polar surface area (TPSA) is 75.4 Å². The number of rotatable bonds is 4. The first-order valence-electron chi connectivity index (χ1n) is 4.82. The third-order valence-electron chi connectivity index (χ3n) is 2.03. The number of aromatic carboxylic acids is 1. The van der Waals surface area contributed by atoms with Crippen LogP contribution in [0, 0.1) is 0 Å². The first-order chi connectivity index (χ1) is 8.15. The van der Waals surface area contributed by atoms with Crippen molar-refractivity contribution in [3.8, 4) is 0 Å². The van der Waals surface area contributed by atoms with Crippen molar-refractivity contribution in [2.24, 2.45) is 0 Å². The van der Waals surface area contributed by atoms with Crippen molar-refractivity contribution in [3.63, 3.8) is 0 Å². The van der Waals surface area contributed by atoms with Crippen LogP contribution >= 0.6 is 15.9 Å². The van der Waals surface area contributed by atoms with Crippen LogP contribution in [0.25, 0.3) is 0 Å². The molecule has 0 amide bonds. The minimum Gasteiger partial charge on any atom is -0.475 e. The molecule has 0 aliphatic carbocycles. The van der Waals surface area contributed by atoms with Gasteiger partial charge in [0.1, 0.15) is 0 Å². The Morgan fingerprint density at radius 2 is 2.35 bits per heavy atom. The van der Waals surface area contributed by atoms with Crippen molar-refractivity contribution in [3.05, 3.63) is 46.6 Å². The van der Waals surface area contributed by atoms with Gasteiger partial charge in [0, 0.05) is 10.2 Å². The maximum Gasteiger partial charge on any atom is 0.373 e. The molecule has 0 unspecified atom stereocenters. The second-order valence-corrected chi connectivity index (χ2v) is 4.20. The number of carboxylic acid groups (broad SMARTS) is 1. The van der Waals surface area contributed by atoms with Gasteiger partial charge >= 0.3 is 5.97 Å². The SMILES string of the molecule is O=C(O)c1cnc(CNc2cccc(Br)c2)o1. The summed E-state index contributed by atoms with van der Waals surface area (Å²) in [6.07, 6.45) is 1.19. The van der Waals surface area contributed by atoms with Gasteiger partial charge in [-0.15, -0.1) is 0 Å². The number of nitrogens with zero attached hydrogens (tertiary/aromatic N) is 1. The molecule has 2 aromatic rings. The number of aromatic nitrogens is 1. The van der Waals surface area contributed by atoms with E-state index >= 15 is 0 Å². The molecule has 6 heteroatoms. The Kier molecular flexibility index (Phi) is 3.43. The highest BCUT2D eigenvalue weighted by Gasteiger charge is 2.09. The van der Waals surface area contributed by atoms with Crippen molar-refractivity contribution in [1.82, 2.24) is 4.98 Å². The van der Waals surface area contributed by atoms with E-state index in [9.17, 15) is 4.79 Å². The second-order valence-electron chi connectivity index (χ2n) is 3.29. The van der Waals surface area contributed by atoms with Crippen molar-refractivity contribution < 1.29 is 14.3 Å². The smallest absolute Gasteiger partial charge is 0.373 e. The minimum absolute atomic E-state index is 0.156. The molecule has 0 spiro atoms. The fourth-order valence-corrected chi connectivity index (χ4v) is 1.67. The van der Waals surface area contributed by atoms with Crippen LogP contribution in [-0.2, 0) is 6.54 Å². The van der Waals surface area contributed by atoms with Crippen LogP contribution < -0.4 is 5.32 Å². The number of hydrogen-bond donors (Lipinski definition) is 2. The number of nitrogens with one attached hydrogen (secondary N) is 1. The molecular formula is C11H9BrN2O3. The summed E-state index contributed by atoms with van der Waals surface area (Å²) < 4.78 is 5.97. The second kappa shape index (κ2) is 5.01.